The van der Waals surface area contributed by atoms with E-state index in [9.17, 15) is 10.0 Å². The molecule has 0 unspecified atom stereocenters. The molecule has 6 heteroatoms. The van der Waals surface area contributed by atoms with E-state index in [2.05, 4.69) is 0 Å². The number of urea groups is 1. The molecular weight excluding hydrogens is 308 g/mol. The molecule has 3 N–H and O–H groups in total. The van der Waals surface area contributed by atoms with E-state index < -0.39 is 6.03 Å². The third kappa shape index (κ3) is 3.85. The average Bonchev–Trinajstić information content (AvgIpc) is 2.77. The van der Waals surface area contributed by atoms with Crippen molar-refractivity contribution in [3.8, 4) is 17.2 Å². The van der Waals surface area contributed by atoms with Gasteiger partial charge in [-0.15, -0.1) is 0 Å². The number of rotatable bonds is 4. The highest BCUT2D eigenvalue weighted by Gasteiger charge is 2.14. The number of benzene rings is 2. The molecule has 1 aliphatic rings. The summed E-state index contributed by atoms with van der Waals surface area (Å²) < 4.78 is 11.5. The highest BCUT2D eigenvalue weighted by atomic mass is 16.5. The SMILES string of the molecule is NC(=O)N(O)CC1=Cc2ccc(Oc3ccccc3)cc2OCC1. The predicted molar refractivity (Wildman–Crippen MR) is 89.1 cm³/mol. The Morgan fingerprint density at radius 2 is 2.00 bits per heavy atom. The van der Waals surface area contributed by atoms with Gasteiger partial charge in [0.15, 0.2) is 0 Å². The first-order valence-electron chi connectivity index (χ1n) is 7.57. The van der Waals surface area contributed by atoms with Gasteiger partial charge in [0.25, 0.3) is 0 Å². The van der Waals surface area contributed by atoms with Crippen LogP contribution in [0.4, 0.5) is 4.79 Å². The average molecular weight is 326 g/mol. The molecule has 2 amide bonds. The Morgan fingerprint density at radius 1 is 1.21 bits per heavy atom. The lowest BCUT2D eigenvalue weighted by molar-refractivity contribution is -0.0315. The minimum atomic E-state index is -0.882. The lowest BCUT2D eigenvalue weighted by Crippen LogP contribution is -2.34. The van der Waals surface area contributed by atoms with Crippen molar-refractivity contribution in [3.63, 3.8) is 0 Å². The Labute approximate surface area is 139 Å². The lowest BCUT2D eigenvalue weighted by Gasteiger charge is -2.13. The van der Waals surface area contributed by atoms with E-state index in [4.69, 9.17) is 15.2 Å². The normalized spacial score (nSPS) is 13.1. The standard InChI is InChI=1S/C18H18N2O4/c19-18(21)20(22)12-13-8-9-23-17-11-16(7-6-14(17)10-13)24-15-4-2-1-3-5-15/h1-7,10-11,22H,8-9,12H2,(H2,19,21). The topological polar surface area (TPSA) is 85.0 Å². The van der Waals surface area contributed by atoms with Crippen LogP contribution in [0.5, 0.6) is 17.2 Å². The van der Waals surface area contributed by atoms with E-state index in [1.54, 1.807) is 0 Å². The number of nitrogens with zero attached hydrogens (tertiary/aromatic N) is 1. The number of ether oxygens (including phenoxy) is 2. The van der Waals surface area contributed by atoms with Crippen LogP contribution >= 0.6 is 0 Å². The number of nitrogens with two attached hydrogens (primary N) is 1. The van der Waals surface area contributed by atoms with Gasteiger partial charge in [0.1, 0.15) is 17.2 Å². The summed E-state index contributed by atoms with van der Waals surface area (Å²) in [6, 6.07) is 14.2. The smallest absolute Gasteiger partial charge is 0.338 e. The van der Waals surface area contributed by atoms with E-state index in [0.29, 0.717) is 29.6 Å². The number of hydrogen-bond donors (Lipinski definition) is 2. The fourth-order valence-corrected chi connectivity index (χ4v) is 2.43. The minimum absolute atomic E-state index is 0.0560. The summed E-state index contributed by atoms with van der Waals surface area (Å²) in [7, 11) is 0. The molecule has 124 valence electrons. The Morgan fingerprint density at radius 3 is 2.75 bits per heavy atom. The first-order valence-corrected chi connectivity index (χ1v) is 7.57. The minimum Gasteiger partial charge on any atom is -0.492 e. The second-order valence-corrected chi connectivity index (χ2v) is 5.41. The summed E-state index contributed by atoms with van der Waals surface area (Å²) in [5.74, 6) is 2.12. The van der Waals surface area contributed by atoms with E-state index in [-0.39, 0.29) is 6.54 Å². The largest absolute Gasteiger partial charge is 0.492 e. The number of hydrogen-bond acceptors (Lipinski definition) is 4. The Bertz CT molecular complexity index is 759. The number of carbonyl (C=O) groups is 1. The van der Waals surface area contributed by atoms with Crippen LogP contribution in [0.2, 0.25) is 0 Å². The van der Waals surface area contributed by atoms with Crippen LogP contribution in [0.3, 0.4) is 0 Å². The van der Waals surface area contributed by atoms with Crippen molar-refractivity contribution >= 4 is 12.1 Å². The third-order valence-electron chi connectivity index (χ3n) is 3.61. The van der Waals surface area contributed by atoms with Gasteiger partial charge in [0.05, 0.1) is 13.2 Å². The Hall–Kier alpha value is -2.99. The zero-order valence-corrected chi connectivity index (χ0v) is 13.0. The fraction of sp³-hybridized carbons (Fsp3) is 0.167. The molecule has 0 bridgehead atoms. The number of amides is 2. The number of para-hydroxylation sites is 1. The highest BCUT2D eigenvalue weighted by Crippen LogP contribution is 2.32. The van der Waals surface area contributed by atoms with Gasteiger partial charge in [-0.3, -0.25) is 5.21 Å². The van der Waals surface area contributed by atoms with Gasteiger partial charge < -0.3 is 15.2 Å². The molecule has 0 fully saturated rings. The van der Waals surface area contributed by atoms with Crippen molar-refractivity contribution in [2.75, 3.05) is 13.2 Å². The zero-order chi connectivity index (χ0) is 16.9. The van der Waals surface area contributed by atoms with Gasteiger partial charge in [0.2, 0.25) is 0 Å². The van der Waals surface area contributed by atoms with Crippen molar-refractivity contribution in [3.05, 3.63) is 59.7 Å². The maximum absolute atomic E-state index is 10.9. The lowest BCUT2D eigenvalue weighted by atomic mass is 10.1. The molecule has 0 spiro atoms. The van der Waals surface area contributed by atoms with Crippen molar-refractivity contribution in [1.29, 1.82) is 0 Å². The molecule has 0 aromatic heterocycles. The quantitative estimate of drug-likeness (QED) is 0.666. The van der Waals surface area contributed by atoms with Crippen LogP contribution in [0, 0.1) is 0 Å². The summed E-state index contributed by atoms with van der Waals surface area (Å²) in [6.45, 7) is 0.501. The van der Waals surface area contributed by atoms with Crippen LogP contribution in [0.15, 0.2) is 54.1 Å². The van der Waals surface area contributed by atoms with Gasteiger partial charge in [-0.25, -0.2) is 9.86 Å². The molecule has 2 aromatic rings. The molecule has 0 saturated heterocycles. The fourth-order valence-electron chi connectivity index (χ4n) is 2.43. The van der Waals surface area contributed by atoms with Crippen molar-refractivity contribution < 1.29 is 19.5 Å². The summed E-state index contributed by atoms with van der Waals surface area (Å²) >= 11 is 0. The summed E-state index contributed by atoms with van der Waals surface area (Å²) in [6.07, 6.45) is 2.48. The molecule has 0 atom stereocenters. The van der Waals surface area contributed by atoms with E-state index >= 15 is 0 Å². The molecule has 6 nitrogen and oxygen atoms in total. The molecule has 0 aliphatic carbocycles. The molecule has 24 heavy (non-hydrogen) atoms. The molecule has 3 rings (SSSR count). The number of carbonyl (C=O) groups excluding carboxylic acids is 1. The van der Waals surface area contributed by atoms with Gasteiger partial charge in [0, 0.05) is 18.1 Å². The second-order valence-electron chi connectivity index (χ2n) is 5.41. The molecule has 0 radical (unpaired) electrons. The van der Waals surface area contributed by atoms with Crippen LogP contribution in [-0.2, 0) is 0 Å². The van der Waals surface area contributed by atoms with Crippen LogP contribution in [0.1, 0.15) is 12.0 Å². The Balaban J connectivity index is 1.79. The van der Waals surface area contributed by atoms with Gasteiger partial charge in [-0.2, -0.15) is 0 Å². The van der Waals surface area contributed by atoms with Crippen molar-refractivity contribution in [2.45, 2.75) is 6.42 Å². The maximum Gasteiger partial charge on any atom is 0.338 e. The second kappa shape index (κ2) is 7.06. The van der Waals surface area contributed by atoms with Crippen LogP contribution in [-0.4, -0.2) is 29.5 Å². The predicted octanol–water partition coefficient (Wildman–Crippen LogP) is 3.41. The van der Waals surface area contributed by atoms with Gasteiger partial charge in [-0.05, 0) is 29.8 Å². The summed E-state index contributed by atoms with van der Waals surface area (Å²) in [5, 5.41) is 9.97. The summed E-state index contributed by atoms with van der Waals surface area (Å²) in [4.78, 5) is 10.9. The number of hydroxylamine groups is 2. The van der Waals surface area contributed by atoms with Crippen molar-refractivity contribution in [2.24, 2.45) is 5.73 Å². The zero-order valence-electron chi connectivity index (χ0n) is 13.0. The van der Waals surface area contributed by atoms with Gasteiger partial charge >= 0.3 is 6.03 Å². The first-order chi connectivity index (χ1) is 11.6. The monoisotopic (exact) mass is 326 g/mol. The van der Waals surface area contributed by atoms with Crippen LogP contribution in [0.25, 0.3) is 6.08 Å². The van der Waals surface area contributed by atoms with Crippen molar-refractivity contribution in [1.82, 2.24) is 5.06 Å². The van der Waals surface area contributed by atoms with Gasteiger partial charge in [-0.1, -0.05) is 24.3 Å². The molecule has 0 saturated carbocycles. The van der Waals surface area contributed by atoms with E-state index in [1.807, 2.05) is 54.6 Å². The first kappa shape index (κ1) is 15.9. The van der Waals surface area contributed by atoms with E-state index in [0.717, 1.165) is 16.9 Å². The maximum atomic E-state index is 10.9. The van der Waals surface area contributed by atoms with Crippen LogP contribution < -0.4 is 15.2 Å². The summed E-state index contributed by atoms with van der Waals surface area (Å²) in [5.41, 5.74) is 6.76. The number of primary amides is 1. The molecular formula is C18H18N2O4. The highest BCUT2D eigenvalue weighted by molar-refractivity contribution is 5.71. The molecule has 1 heterocycles. The number of fused-ring (bicyclic) bond motifs is 1. The molecule has 1 aliphatic heterocycles. The molecule has 2 aromatic carbocycles. The third-order valence-corrected chi connectivity index (χ3v) is 3.61. The Kier molecular flexibility index (Phi) is 4.67. The van der Waals surface area contributed by atoms with E-state index in [1.165, 1.54) is 0 Å².